The van der Waals surface area contributed by atoms with Crippen LogP contribution in [0.5, 0.6) is 5.75 Å². The predicted octanol–water partition coefficient (Wildman–Crippen LogP) is 2.45. The fourth-order valence-electron chi connectivity index (χ4n) is 3.33. The maximum atomic E-state index is 12.3. The van der Waals surface area contributed by atoms with Gasteiger partial charge < -0.3 is 10.1 Å². The normalized spacial score (nSPS) is 21.0. The molecule has 0 saturated heterocycles. The number of nitrogens with one attached hydrogen (secondary N) is 2. The largest absolute Gasteiger partial charge is 0.496 e. The van der Waals surface area contributed by atoms with Gasteiger partial charge in [-0.3, -0.25) is 4.79 Å². The highest BCUT2D eigenvalue weighted by molar-refractivity contribution is 5.95. The van der Waals surface area contributed by atoms with Gasteiger partial charge in [0.1, 0.15) is 5.75 Å². The molecule has 25 heavy (non-hydrogen) atoms. The molecular formula is C18H23N5O2. The number of hydrogen-bond acceptors (Lipinski definition) is 5. The van der Waals surface area contributed by atoms with E-state index in [0.29, 0.717) is 5.92 Å². The van der Waals surface area contributed by atoms with Crippen molar-refractivity contribution in [2.45, 2.75) is 44.6 Å². The Kier molecular flexibility index (Phi) is 5.42. The van der Waals surface area contributed by atoms with E-state index < -0.39 is 0 Å². The summed E-state index contributed by atoms with van der Waals surface area (Å²) >= 11 is 0. The summed E-state index contributed by atoms with van der Waals surface area (Å²) in [6.45, 7) is 1.92. The number of ether oxygens (including phenoxy) is 1. The van der Waals surface area contributed by atoms with Gasteiger partial charge in [0.25, 0.3) is 0 Å². The number of aromatic amines is 1. The number of hydrogen-bond donors (Lipinski definition) is 2. The van der Waals surface area contributed by atoms with E-state index in [1.54, 1.807) is 13.2 Å². The number of methoxy groups -OCH3 is 1. The molecule has 1 aliphatic rings. The molecule has 1 aromatic heterocycles. The Balaban J connectivity index is 1.56. The molecule has 7 heteroatoms. The van der Waals surface area contributed by atoms with Crippen molar-refractivity contribution in [1.82, 2.24) is 25.9 Å². The second-order valence-corrected chi connectivity index (χ2v) is 6.35. The zero-order valence-corrected chi connectivity index (χ0v) is 14.5. The summed E-state index contributed by atoms with van der Waals surface area (Å²) in [4.78, 5) is 12.3. The molecule has 0 radical (unpaired) electrons. The van der Waals surface area contributed by atoms with Crippen molar-refractivity contribution >= 4 is 11.5 Å². The molecule has 1 amide bonds. The van der Waals surface area contributed by atoms with Crippen LogP contribution in [0.25, 0.3) is 5.57 Å². The van der Waals surface area contributed by atoms with Crippen LogP contribution in [0.4, 0.5) is 0 Å². The van der Waals surface area contributed by atoms with Gasteiger partial charge in [0, 0.05) is 23.6 Å². The standard InChI is InChI=1S/C18H23N5O2/c1-12(15-5-3-4-6-16(15)25-2)11-17(24)19-14-9-7-13(8-10-14)18-20-22-23-21-18/h3-6,11,13-14H,7-10H2,1-2H3,(H,19,24)(H,20,21,22,23)/b12-11+. The van der Waals surface area contributed by atoms with Gasteiger partial charge in [-0.05, 0) is 44.2 Å². The van der Waals surface area contributed by atoms with Crippen LogP contribution in [0.3, 0.4) is 0 Å². The highest BCUT2D eigenvalue weighted by Crippen LogP contribution is 2.30. The highest BCUT2D eigenvalue weighted by atomic mass is 16.5. The van der Waals surface area contributed by atoms with Gasteiger partial charge in [-0.1, -0.05) is 23.4 Å². The van der Waals surface area contributed by atoms with E-state index in [9.17, 15) is 4.79 Å². The van der Waals surface area contributed by atoms with Crippen molar-refractivity contribution in [2.75, 3.05) is 7.11 Å². The first-order valence-corrected chi connectivity index (χ1v) is 8.53. The van der Waals surface area contributed by atoms with Crippen LogP contribution in [-0.4, -0.2) is 39.7 Å². The molecule has 0 bridgehead atoms. The Labute approximate surface area is 146 Å². The Morgan fingerprint density at radius 1 is 1.28 bits per heavy atom. The quantitative estimate of drug-likeness (QED) is 0.815. The zero-order chi connectivity index (χ0) is 17.6. The Morgan fingerprint density at radius 3 is 2.72 bits per heavy atom. The molecule has 1 heterocycles. The van der Waals surface area contributed by atoms with Gasteiger partial charge >= 0.3 is 0 Å². The summed E-state index contributed by atoms with van der Waals surface area (Å²) in [5.74, 6) is 1.81. The molecule has 7 nitrogen and oxygen atoms in total. The number of amides is 1. The summed E-state index contributed by atoms with van der Waals surface area (Å²) in [6.07, 6.45) is 5.40. The first kappa shape index (κ1) is 17.1. The summed E-state index contributed by atoms with van der Waals surface area (Å²) in [7, 11) is 1.63. The number of benzene rings is 1. The monoisotopic (exact) mass is 341 g/mol. The molecule has 0 atom stereocenters. The Morgan fingerprint density at radius 2 is 2.04 bits per heavy atom. The molecule has 2 N–H and O–H groups in total. The number of aromatic nitrogens is 4. The van der Waals surface area contributed by atoms with Crippen LogP contribution in [0, 0.1) is 0 Å². The average Bonchev–Trinajstić information content (AvgIpc) is 3.17. The van der Waals surface area contributed by atoms with Crippen molar-refractivity contribution in [3.63, 3.8) is 0 Å². The first-order valence-electron chi connectivity index (χ1n) is 8.53. The van der Waals surface area contributed by atoms with Crippen molar-refractivity contribution in [2.24, 2.45) is 0 Å². The topological polar surface area (TPSA) is 92.8 Å². The summed E-state index contributed by atoms with van der Waals surface area (Å²) in [5, 5.41) is 17.3. The average molecular weight is 341 g/mol. The van der Waals surface area contributed by atoms with Crippen molar-refractivity contribution in [3.8, 4) is 5.75 Å². The minimum atomic E-state index is -0.0635. The number of rotatable bonds is 5. The number of allylic oxidation sites excluding steroid dienone is 1. The second kappa shape index (κ2) is 7.92. The fraction of sp³-hybridized carbons (Fsp3) is 0.444. The maximum Gasteiger partial charge on any atom is 0.244 e. The molecule has 0 unspecified atom stereocenters. The van der Waals surface area contributed by atoms with Crippen molar-refractivity contribution < 1.29 is 9.53 Å². The van der Waals surface area contributed by atoms with Gasteiger partial charge in [0.05, 0.1) is 7.11 Å². The van der Waals surface area contributed by atoms with Crippen molar-refractivity contribution in [1.29, 1.82) is 0 Å². The zero-order valence-electron chi connectivity index (χ0n) is 14.5. The van der Waals surface area contributed by atoms with Crippen LogP contribution in [0.15, 0.2) is 30.3 Å². The highest BCUT2D eigenvalue weighted by Gasteiger charge is 2.25. The minimum Gasteiger partial charge on any atom is -0.496 e. The van der Waals surface area contributed by atoms with Crippen LogP contribution in [0.2, 0.25) is 0 Å². The lowest BCUT2D eigenvalue weighted by Gasteiger charge is -2.27. The number of para-hydroxylation sites is 1. The lowest BCUT2D eigenvalue weighted by molar-refractivity contribution is -0.117. The number of H-pyrrole nitrogens is 1. The molecule has 3 rings (SSSR count). The van der Waals surface area contributed by atoms with E-state index in [4.69, 9.17) is 4.74 Å². The molecule has 1 aliphatic carbocycles. The van der Waals surface area contributed by atoms with Crippen LogP contribution >= 0.6 is 0 Å². The molecule has 132 valence electrons. The second-order valence-electron chi connectivity index (χ2n) is 6.35. The summed E-state index contributed by atoms with van der Waals surface area (Å²) in [6, 6.07) is 7.89. The van der Waals surface area contributed by atoms with Gasteiger partial charge in [-0.2, -0.15) is 5.21 Å². The first-order chi connectivity index (χ1) is 12.2. The van der Waals surface area contributed by atoms with E-state index in [-0.39, 0.29) is 11.9 Å². The van der Waals surface area contributed by atoms with E-state index in [1.165, 1.54) is 0 Å². The van der Waals surface area contributed by atoms with E-state index in [2.05, 4.69) is 25.9 Å². The van der Waals surface area contributed by atoms with Gasteiger partial charge in [-0.15, -0.1) is 10.2 Å². The van der Waals surface area contributed by atoms with Gasteiger partial charge in [0.2, 0.25) is 5.91 Å². The molecule has 2 aromatic rings. The number of nitrogens with zero attached hydrogens (tertiary/aromatic N) is 3. The van der Waals surface area contributed by atoms with E-state index in [0.717, 1.165) is 48.4 Å². The molecule has 0 aliphatic heterocycles. The molecular weight excluding hydrogens is 318 g/mol. The maximum absolute atomic E-state index is 12.3. The van der Waals surface area contributed by atoms with Crippen LogP contribution in [0.1, 0.15) is 49.9 Å². The van der Waals surface area contributed by atoms with Crippen LogP contribution in [-0.2, 0) is 4.79 Å². The SMILES string of the molecule is COc1ccccc1/C(C)=C/C(=O)NC1CCC(c2nn[nH]n2)CC1. The summed E-state index contributed by atoms with van der Waals surface area (Å²) in [5.41, 5.74) is 1.82. The van der Waals surface area contributed by atoms with Crippen LogP contribution < -0.4 is 10.1 Å². The summed E-state index contributed by atoms with van der Waals surface area (Å²) < 4.78 is 5.35. The number of carbonyl (C=O) groups excluding carboxylic acids is 1. The Hall–Kier alpha value is -2.70. The lowest BCUT2D eigenvalue weighted by atomic mass is 9.85. The lowest BCUT2D eigenvalue weighted by Crippen LogP contribution is -2.36. The predicted molar refractivity (Wildman–Crippen MR) is 94.0 cm³/mol. The van der Waals surface area contributed by atoms with E-state index in [1.807, 2.05) is 31.2 Å². The number of carbonyl (C=O) groups is 1. The van der Waals surface area contributed by atoms with Gasteiger partial charge in [0.15, 0.2) is 5.82 Å². The fourth-order valence-corrected chi connectivity index (χ4v) is 3.33. The van der Waals surface area contributed by atoms with Gasteiger partial charge in [-0.25, -0.2) is 0 Å². The smallest absolute Gasteiger partial charge is 0.244 e. The number of tetrazole rings is 1. The third-order valence-electron chi connectivity index (χ3n) is 4.68. The third kappa shape index (κ3) is 4.23. The molecule has 1 aromatic carbocycles. The molecule has 1 saturated carbocycles. The molecule has 1 fully saturated rings. The third-order valence-corrected chi connectivity index (χ3v) is 4.68. The Bertz CT molecular complexity index is 734. The molecule has 0 spiro atoms. The minimum absolute atomic E-state index is 0.0635. The van der Waals surface area contributed by atoms with E-state index >= 15 is 0 Å². The van der Waals surface area contributed by atoms with Crippen molar-refractivity contribution in [3.05, 3.63) is 41.7 Å².